The summed E-state index contributed by atoms with van der Waals surface area (Å²) in [6.45, 7) is 1.43. The van der Waals surface area contributed by atoms with Gasteiger partial charge in [0.25, 0.3) is 11.5 Å². The maximum absolute atomic E-state index is 12.8. The van der Waals surface area contributed by atoms with Gasteiger partial charge in [0.2, 0.25) is 11.6 Å². The van der Waals surface area contributed by atoms with Crippen LogP contribution in [-0.4, -0.2) is 44.9 Å². The van der Waals surface area contributed by atoms with Crippen LogP contribution in [0.3, 0.4) is 0 Å². The van der Waals surface area contributed by atoms with Crippen molar-refractivity contribution < 1.29 is 19.8 Å². The summed E-state index contributed by atoms with van der Waals surface area (Å²) in [5.41, 5.74) is 1.03. The number of piperidine rings is 1. The number of aliphatic hydroxyl groups is 2. The molecule has 1 fully saturated rings. The number of nitrogens with one attached hydrogen (secondary N) is 1. The highest BCUT2D eigenvalue weighted by Gasteiger charge is 2.53. The zero-order chi connectivity index (χ0) is 17.9. The smallest absolute Gasteiger partial charge is 0.280 e. The Bertz CT molecular complexity index is 954. The first kappa shape index (κ1) is 16.2. The van der Waals surface area contributed by atoms with Crippen LogP contribution in [0.2, 0.25) is 0 Å². The van der Waals surface area contributed by atoms with Crippen molar-refractivity contribution in [2.45, 2.75) is 24.6 Å². The zero-order valence-electron chi connectivity index (χ0n) is 13.0. The third kappa shape index (κ3) is 2.11. The molecule has 0 aliphatic carbocycles. The molecule has 24 heavy (non-hydrogen) atoms. The topological polar surface area (TPSA) is 148 Å². The maximum Gasteiger partial charge on any atom is 0.280 e. The van der Waals surface area contributed by atoms with Crippen LogP contribution in [0.1, 0.15) is 12.2 Å². The lowest BCUT2D eigenvalue weighted by Crippen LogP contribution is -2.67. The van der Waals surface area contributed by atoms with Crippen molar-refractivity contribution in [2.24, 2.45) is 0 Å². The van der Waals surface area contributed by atoms with Gasteiger partial charge in [0.15, 0.2) is 7.85 Å². The minimum absolute atomic E-state index is 0.0425. The summed E-state index contributed by atoms with van der Waals surface area (Å²) in [7, 11) is 1.14. The molecule has 1 aromatic heterocycles. The number of hydrogen-bond acceptors (Lipinski definition) is 7. The lowest BCUT2D eigenvalue weighted by Gasteiger charge is -2.39. The summed E-state index contributed by atoms with van der Waals surface area (Å²) < 4.78 is 0.752. The van der Waals surface area contributed by atoms with Crippen molar-refractivity contribution in [3.8, 4) is 0 Å². The van der Waals surface area contributed by atoms with Crippen LogP contribution in [0.4, 0.5) is 5.69 Å². The fourth-order valence-corrected chi connectivity index (χ4v) is 2.96. The summed E-state index contributed by atoms with van der Waals surface area (Å²) in [6.07, 6.45) is -0.689. The van der Waals surface area contributed by atoms with Gasteiger partial charge in [0, 0.05) is 12.1 Å². The molecule has 124 valence electrons. The number of hydrogen-bond donors (Lipinski definition) is 4. The van der Waals surface area contributed by atoms with E-state index in [-0.39, 0.29) is 16.9 Å². The maximum atomic E-state index is 12.8. The van der Waals surface area contributed by atoms with E-state index in [0.29, 0.717) is 5.52 Å². The number of imide groups is 1. The first-order chi connectivity index (χ1) is 11.1. The molecule has 2 heterocycles. The van der Waals surface area contributed by atoms with Crippen molar-refractivity contribution in [2.75, 3.05) is 5.73 Å². The highest BCUT2D eigenvalue weighted by atomic mass is 16.3. The first-order valence-corrected chi connectivity index (χ1v) is 7.17. The van der Waals surface area contributed by atoms with E-state index >= 15 is 0 Å². The Kier molecular flexibility index (Phi) is 3.29. The molecule has 10 heteroatoms. The van der Waals surface area contributed by atoms with Crippen LogP contribution in [-0.2, 0) is 15.3 Å². The van der Waals surface area contributed by atoms with Crippen LogP contribution >= 0.6 is 0 Å². The molecular formula is C14H15BN4O5. The number of amides is 2. The van der Waals surface area contributed by atoms with Gasteiger partial charge in [-0.25, -0.2) is 4.98 Å². The Balaban J connectivity index is 2.33. The van der Waals surface area contributed by atoms with E-state index in [1.54, 1.807) is 12.1 Å². The largest absolute Gasteiger partial charge is 0.398 e. The zero-order valence-corrected chi connectivity index (χ0v) is 13.0. The van der Waals surface area contributed by atoms with Gasteiger partial charge in [-0.3, -0.25) is 24.3 Å². The van der Waals surface area contributed by atoms with E-state index in [4.69, 9.17) is 5.73 Å². The molecule has 1 saturated heterocycles. The van der Waals surface area contributed by atoms with E-state index in [1.165, 1.54) is 13.0 Å². The minimum atomic E-state index is -2.47. The molecule has 2 amide bonds. The summed E-state index contributed by atoms with van der Waals surface area (Å²) in [5, 5.41) is 22.9. The van der Waals surface area contributed by atoms with E-state index < -0.39 is 35.0 Å². The average molecular weight is 330 g/mol. The molecule has 0 radical (unpaired) electrons. The number of carbonyl (C=O) groups excluding carboxylic acids is 2. The Morgan fingerprint density at radius 1 is 1.29 bits per heavy atom. The Hall–Kier alpha value is -2.72. The third-order valence-electron chi connectivity index (χ3n) is 4.14. The van der Waals surface area contributed by atoms with Crippen LogP contribution in [0.15, 0.2) is 23.0 Å². The minimum Gasteiger partial charge on any atom is -0.398 e. The Morgan fingerprint density at radius 3 is 2.62 bits per heavy atom. The van der Waals surface area contributed by atoms with Gasteiger partial charge < -0.3 is 15.9 Å². The first-order valence-electron chi connectivity index (χ1n) is 7.17. The second kappa shape index (κ2) is 4.89. The number of rotatable bonds is 1. The molecule has 2 unspecified atom stereocenters. The summed E-state index contributed by atoms with van der Waals surface area (Å²) in [6, 6.07) is 4.70. The summed E-state index contributed by atoms with van der Waals surface area (Å²) >= 11 is 0. The molecule has 0 saturated carbocycles. The number of carbonyl (C=O) groups is 2. The van der Waals surface area contributed by atoms with Crippen molar-refractivity contribution in [1.29, 1.82) is 0 Å². The average Bonchev–Trinajstić information content (AvgIpc) is 2.44. The van der Waals surface area contributed by atoms with Crippen molar-refractivity contribution in [1.82, 2.24) is 14.9 Å². The molecule has 0 spiro atoms. The monoisotopic (exact) mass is 330 g/mol. The second-order valence-electron chi connectivity index (χ2n) is 6.09. The number of benzene rings is 1. The second-order valence-corrected chi connectivity index (χ2v) is 6.09. The fraction of sp³-hybridized carbons (Fsp3) is 0.286. The molecule has 5 N–H and O–H groups in total. The number of nitrogens with two attached hydrogens (primary N) is 1. The van der Waals surface area contributed by atoms with Gasteiger partial charge in [0.05, 0.1) is 10.9 Å². The third-order valence-corrected chi connectivity index (χ3v) is 4.14. The van der Waals surface area contributed by atoms with Gasteiger partial charge in [-0.15, -0.1) is 0 Å². The highest BCUT2D eigenvalue weighted by Crippen LogP contribution is 2.29. The fourth-order valence-electron chi connectivity index (χ4n) is 2.96. The molecule has 1 aliphatic heterocycles. The molecule has 9 nitrogen and oxygen atoms in total. The standard InChI is InChI=1S/C14H15BN4O5/c1-6-17-8-4-2-3-7(16)9(8)10(20)19(6)14(24)5-13(15,23)11(21)18-12(14)22/h2-4,23-24H,5,15-16H2,1H3,(H,18,21,22). The van der Waals surface area contributed by atoms with Gasteiger partial charge in [-0.2, -0.15) is 0 Å². The van der Waals surface area contributed by atoms with Crippen LogP contribution < -0.4 is 16.6 Å². The van der Waals surface area contributed by atoms with Gasteiger partial charge in [-0.05, 0) is 19.1 Å². The lowest BCUT2D eigenvalue weighted by atomic mass is 9.72. The number of nitrogen functional groups attached to an aromatic ring is 1. The number of nitrogens with zero attached hydrogens (tertiary/aromatic N) is 2. The molecule has 2 aromatic rings. The molecule has 2 atom stereocenters. The van der Waals surface area contributed by atoms with Crippen molar-refractivity contribution in [3.63, 3.8) is 0 Å². The Morgan fingerprint density at radius 2 is 1.96 bits per heavy atom. The molecule has 0 bridgehead atoms. The van der Waals surface area contributed by atoms with E-state index in [0.717, 1.165) is 12.4 Å². The number of aryl methyl sites for hydroxylation is 1. The molecule has 1 aromatic carbocycles. The number of fused-ring (bicyclic) bond motifs is 1. The van der Waals surface area contributed by atoms with Gasteiger partial charge in [-0.1, -0.05) is 6.07 Å². The molecule has 3 rings (SSSR count). The molecule has 1 aliphatic rings. The predicted octanol–water partition coefficient (Wildman–Crippen LogP) is -2.70. The van der Waals surface area contributed by atoms with Crippen molar-refractivity contribution >= 4 is 36.3 Å². The van der Waals surface area contributed by atoms with E-state index in [2.05, 4.69) is 4.98 Å². The summed E-state index contributed by atoms with van der Waals surface area (Å²) in [5.74, 6) is -2.02. The number of aromatic nitrogens is 2. The van der Waals surface area contributed by atoms with Crippen LogP contribution in [0.5, 0.6) is 0 Å². The van der Waals surface area contributed by atoms with E-state index in [9.17, 15) is 24.6 Å². The van der Waals surface area contributed by atoms with Gasteiger partial charge >= 0.3 is 0 Å². The predicted molar refractivity (Wildman–Crippen MR) is 86.6 cm³/mol. The highest BCUT2D eigenvalue weighted by molar-refractivity contribution is 6.30. The number of anilines is 1. The quantitative estimate of drug-likeness (QED) is 0.253. The van der Waals surface area contributed by atoms with Crippen LogP contribution in [0.25, 0.3) is 10.9 Å². The van der Waals surface area contributed by atoms with E-state index in [1.807, 2.05) is 5.32 Å². The van der Waals surface area contributed by atoms with Gasteiger partial charge in [0.1, 0.15) is 11.3 Å². The Labute approximate surface area is 136 Å². The van der Waals surface area contributed by atoms with Crippen LogP contribution in [0, 0.1) is 6.92 Å². The SMILES string of the molecule is BC1(O)CC(O)(n2c(C)nc3cccc(N)c3c2=O)C(=O)NC1=O. The normalized spacial score (nSPS) is 27.3. The summed E-state index contributed by atoms with van der Waals surface area (Å²) in [4.78, 5) is 40.9. The van der Waals surface area contributed by atoms with Crippen molar-refractivity contribution in [3.05, 3.63) is 34.4 Å². The lowest BCUT2D eigenvalue weighted by molar-refractivity contribution is -0.175. The molecular weight excluding hydrogens is 315 g/mol.